The van der Waals surface area contributed by atoms with Crippen molar-refractivity contribution >= 4 is 17.4 Å². The Balaban J connectivity index is 2.12. The van der Waals surface area contributed by atoms with E-state index in [9.17, 15) is 14.7 Å². The van der Waals surface area contributed by atoms with Gasteiger partial charge in [0.25, 0.3) is 11.7 Å². The van der Waals surface area contributed by atoms with Gasteiger partial charge >= 0.3 is 0 Å². The Morgan fingerprint density at radius 3 is 2.54 bits per heavy atom. The monoisotopic (exact) mass is 381 g/mol. The lowest BCUT2D eigenvalue weighted by Crippen LogP contribution is -2.30. The first-order chi connectivity index (χ1) is 13.6. The molecular weight excluding hydrogens is 358 g/mol. The Bertz CT molecular complexity index is 891. The van der Waals surface area contributed by atoms with Crippen LogP contribution in [-0.2, 0) is 9.59 Å². The van der Waals surface area contributed by atoms with E-state index in [0.717, 1.165) is 0 Å². The van der Waals surface area contributed by atoms with Gasteiger partial charge in [-0.2, -0.15) is 0 Å². The van der Waals surface area contributed by atoms with Crippen molar-refractivity contribution in [2.45, 2.75) is 19.4 Å². The summed E-state index contributed by atoms with van der Waals surface area (Å²) < 4.78 is 5.47. The number of carbonyl (C=O) groups excluding carboxylic acids is 2. The maximum atomic E-state index is 12.8. The van der Waals surface area contributed by atoms with E-state index in [2.05, 4.69) is 0 Å². The molecule has 1 amide bonds. The fourth-order valence-corrected chi connectivity index (χ4v) is 3.39. The number of benzene rings is 2. The van der Waals surface area contributed by atoms with Crippen LogP contribution in [0.2, 0.25) is 0 Å². The molecule has 0 bridgehead atoms. The van der Waals surface area contributed by atoms with Crippen molar-refractivity contribution in [3.63, 3.8) is 0 Å². The number of amides is 1. The van der Waals surface area contributed by atoms with Crippen molar-refractivity contribution in [1.29, 1.82) is 0 Å². The highest BCUT2D eigenvalue weighted by Crippen LogP contribution is 2.40. The summed E-state index contributed by atoms with van der Waals surface area (Å²) >= 11 is 0. The number of ketones is 1. The van der Waals surface area contributed by atoms with E-state index in [0.29, 0.717) is 29.8 Å². The number of Topliss-reactive ketones (excluding diaryl/α,β-unsaturated/α-hetero) is 1. The van der Waals surface area contributed by atoms with E-state index < -0.39 is 17.7 Å². The SMILES string of the molecule is CCCN1C(=O)C(=O)/C(=C(\O)c2ccccc2)C1c1cccc(OCCO)c1. The van der Waals surface area contributed by atoms with Crippen LogP contribution in [0.5, 0.6) is 5.75 Å². The minimum atomic E-state index is -0.696. The van der Waals surface area contributed by atoms with Crippen molar-refractivity contribution < 1.29 is 24.5 Å². The lowest BCUT2D eigenvalue weighted by Gasteiger charge is -2.25. The van der Waals surface area contributed by atoms with Gasteiger partial charge in [0.15, 0.2) is 0 Å². The van der Waals surface area contributed by atoms with E-state index in [1.807, 2.05) is 13.0 Å². The van der Waals surface area contributed by atoms with Gasteiger partial charge in [0.2, 0.25) is 0 Å². The van der Waals surface area contributed by atoms with Crippen molar-refractivity contribution in [3.05, 3.63) is 71.3 Å². The molecule has 2 aromatic rings. The first-order valence-corrected chi connectivity index (χ1v) is 9.26. The molecule has 2 aromatic carbocycles. The van der Waals surface area contributed by atoms with Crippen molar-refractivity contribution in [2.75, 3.05) is 19.8 Å². The molecule has 1 heterocycles. The lowest BCUT2D eigenvalue weighted by molar-refractivity contribution is -0.139. The summed E-state index contributed by atoms with van der Waals surface area (Å²) in [5.41, 5.74) is 1.22. The second kappa shape index (κ2) is 8.71. The molecule has 1 atom stereocenters. The minimum Gasteiger partial charge on any atom is -0.507 e. The summed E-state index contributed by atoms with van der Waals surface area (Å²) in [5.74, 6) is -0.981. The minimum absolute atomic E-state index is 0.0731. The second-order valence-corrected chi connectivity index (χ2v) is 6.50. The maximum absolute atomic E-state index is 12.8. The fourth-order valence-electron chi connectivity index (χ4n) is 3.39. The maximum Gasteiger partial charge on any atom is 0.295 e. The van der Waals surface area contributed by atoms with Crippen LogP contribution in [0.3, 0.4) is 0 Å². The molecule has 0 spiro atoms. The van der Waals surface area contributed by atoms with Crippen LogP contribution in [0, 0.1) is 0 Å². The average Bonchev–Trinajstić information content (AvgIpc) is 2.98. The number of carbonyl (C=O) groups is 2. The molecule has 1 aliphatic rings. The van der Waals surface area contributed by atoms with Crippen molar-refractivity contribution in [1.82, 2.24) is 4.90 Å². The van der Waals surface area contributed by atoms with Gasteiger partial charge in [-0.25, -0.2) is 0 Å². The quantitative estimate of drug-likeness (QED) is 0.437. The highest BCUT2D eigenvalue weighted by Gasteiger charge is 2.45. The number of nitrogens with zero attached hydrogens (tertiary/aromatic N) is 1. The molecule has 0 saturated carbocycles. The van der Waals surface area contributed by atoms with Gasteiger partial charge in [-0.05, 0) is 24.1 Å². The Morgan fingerprint density at radius 1 is 1.11 bits per heavy atom. The van der Waals surface area contributed by atoms with Crippen LogP contribution < -0.4 is 4.74 Å². The topological polar surface area (TPSA) is 87.1 Å². The summed E-state index contributed by atoms with van der Waals surface area (Å²) in [6, 6.07) is 15.0. The zero-order chi connectivity index (χ0) is 20.1. The Hall–Kier alpha value is -3.12. The number of rotatable bonds is 7. The van der Waals surface area contributed by atoms with Gasteiger partial charge in [0, 0.05) is 12.1 Å². The van der Waals surface area contributed by atoms with Crippen LogP contribution in [-0.4, -0.2) is 46.6 Å². The zero-order valence-electron chi connectivity index (χ0n) is 15.7. The Kier molecular flexibility index (Phi) is 6.11. The summed E-state index contributed by atoms with van der Waals surface area (Å²) in [6.45, 7) is 2.34. The molecular formula is C22H23NO5. The highest BCUT2D eigenvalue weighted by atomic mass is 16.5. The molecule has 1 saturated heterocycles. The van der Waals surface area contributed by atoms with Gasteiger partial charge in [0.1, 0.15) is 18.1 Å². The third-order valence-electron chi connectivity index (χ3n) is 4.59. The number of hydrogen-bond donors (Lipinski definition) is 2. The summed E-state index contributed by atoms with van der Waals surface area (Å²) in [4.78, 5) is 26.9. The third kappa shape index (κ3) is 3.77. The molecule has 1 unspecified atom stereocenters. The molecule has 0 aliphatic carbocycles. The van der Waals surface area contributed by atoms with Crippen molar-refractivity contribution in [3.8, 4) is 5.75 Å². The molecule has 1 fully saturated rings. The van der Waals surface area contributed by atoms with Crippen LogP contribution >= 0.6 is 0 Å². The molecule has 3 rings (SSSR count). The van der Waals surface area contributed by atoms with E-state index in [1.54, 1.807) is 48.5 Å². The first-order valence-electron chi connectivity index (χ1n) is 9.26. The molecule has 6 nitrogen and oxygen atoms in total. The molecule has 6 heteroatoms. The van der Waals surface area contributed by atoms with Gasteiger partial charge in [-0.1, -0.05) is 49.4 Å². The van der Waals surface area contributed by atoms with E-state index in [-0.39, 0.29) is 24.5 Å². The van der Waals surface area contributed by atoms with Crippen LogP contribution in [0.15, 0.2) is 60.2 Å². The number of aliphatic hydroxyl groups is 2. The average molecular weight is 381 g/mol. The van der Waals surface area contributed by atoms with Crippen LogP contribution in [0.4, 0.5) is 0 Å². The van der Waals surface area contributed by atoms with Crippen LogP contribution in [0.1, 0.15) is 30.5 Å². The summed E-state index contributed by atoms with van der Waals surface area (Å²) in [6.07, 6.45) is 0.676. The Labute approximate surface area is 163 Å². The van der Waals surface area contributed by atoms with Crippen molar-refractivity contribution in [2.24, 2.45) is 0 Å². The highest BCUT2D eigenvalue weighted by molar-refractivity contribution is 6.46. The molecule has 28 heavy (non-hydrogen) atoms. The number of hydrogen-bond acceptors (Lipinski definition) is 5. The zero-order valence-corrected chi connectivity index (χ0v) is 15.7. The van der Waals surface area contributed by atoms with E-state index >= 15 is 0 Å². The predicted octanol–water partition coefficient (Wildman–Crippen LogP) is 2.89. The first kappa shape index (κ1) is 19.6. The van der Waals surface area contributed by atoms with Gasteiger partial charge in [-0.3, -0.25) is 9.59 Å². The third-order valence-corrected chi connectivity index (χ3v) is 4.59. The molecule has 0 radical (unpaired) electrons. The number of aliphatic hydroxyl groups excluding tert-OH is 2. The summed E-state index contributed by atoms with van der Waals surface area (Å²) in [5, 5.41) is 19.8. The van der Waals surface area contributed by atoms with Gasteiger partial charge in [-0.15, -0.1) is 0 Å². The summed E-state index contributed by atoms with van der Waals surface area (Å²) in [7, 11) is 0. The van der Waals surface area contributed by atoms with Gasteiger partial charge in [0.05, 0.1) is 18.2 Å². The normalized spacial score (nSPS) is 18.5. The second-order valence-electron chi connectivity index (χ2n) is 6.50. The number of ether oxygens (including phenoxy) is 1. The molecule has 0 aromatic heterocycles. The van der Waals surface area contributed by atoms with E-state index in [1.165, 1.54) is 4.90 Å². The van der Waals surface area contributed by atoms with Gasteiger partial charge < -0.3 is 19.8 Å². The molecule has 146 valence electrons. The smallest absolute Gasteiger partial charge is 0.295 e. The standard InChI is InChI=1S/C22H23NO5/c1-2-11-23-19(16-9-6-10-17(14-16)28-13-12-24)18(21(26)22(23)27)20(25)15-7-4-3-5-8-15/h3-10,14,19,24-25H,2,11-13H2,1H3/b20-18-. The Morgan fingerprint density at radius 2 is 1.86 bits per heavy atom. The molecule has 1 aliphatic heterocycles. The van der Waals surface area contributed by atoms with E-state index in [4.69, 9.17) is 9.84 Å². The lowest BCUT2D eigenvalue weighted by atomic mass is 9.95. The number of likely N-dealkylation sites (tertiary alicyclic amines) is 1. The fraction of sp³-hybridized carbons (Fsp3) is 0.273. The molecule has 2 N–H and O–H groups in total. The largest absolute Gasteiger partial charge is 0.507 e. The predicted molar refractivity (Wildman–Crippen MR) is 105 cm³/mol. The van der Waals surface area contributed by atoms with Crippen LogP contribution in [0.25, 0.3) is 5.76 Å².